The molecule has 0 aliphatic rings. The van der Waals surface area contributed by atoms with Crippen LogP contribution in [0.15, 0.2) is 54.6 Å². The standard InChI is InChI=1S/C20H14O/c1-2-12-21-13-17-9-8-16-7-6-14-4-3-5-15-10-11-18(17)20(16)19(14)15/h1,3-11H,12-13H2. The minimum atomic E-state index is 0.349. The van der Waals surface area contributed by atoms with E-state index in [9.17, 15) is 0 Å². The number of hydrogen-bond acceptors (Lipinski definition) is 1. The molecule has 0 aliphatic heterocycles. The number of rotatable bonds is 3. The average molecular weight is 270 g/mol. The van der Waals surface area contributed by atoms with Crippen LogP contribution in [0.3, 0.4) is 0 Å². The van der Waals surface area contributed by atoms with Crippen LogP contribution < -0.4 is 0 Å². The monoisotopic (exact) mass is 270 g/mol. The Labute approximate surface area is 123 Å². The van der Waals surface area contributed by atoms with E-state index in [0.29, 0.717) is 13.2 Å². The molecule has 0 unspecified atom stereocenters. The van der Waals surface area contributed by atoms with Crippen molar-refractivity contribution in [3.63, 3.8) is 0 Å². The van der Waals surface area contributed by atoms with Gasteiger partial charge < -0.3 is 4.74 Å². The largest absolute Gasteiger partial charge is 0.364 e. The summed E-state index contributed by atoms with van der Waals surface area (Å²) < 4.78 is 5.52. The summed E-state index contributed by atoms with van der Waals surface area (Å²) in [6.07, 6.45) is 5.25. The second-order valence-electron chi connectivity index (χ2n) is 5.28. The lowest BCUT2D eigenvalue weighted by Crippen LogP contribution is -1.95. The summed E-state index contributed by atoms with van der Waals surface area (Å²) in [6, 6.07) is 19.5. The van der Waals surface area contributed by atoms with Gasteiger partial charge in [-0.25, -0.2) is 0 Å². The SMILES string of the molecule is C#CCOCc1ccc2ccc3cccc4ccc1c2c34. The third-order valence-corrected chi connectivity index (χ3v) is 4.06. The lowest BCUT2D eigenvalue weighted by molar-refractivity contribution is 0.154. The van der Waals surface area contributed by atoms with E-state index in [1.165, 1.54) is 37.9 Å². The number of hydrogen-bond donors (Lipinski definition) is 0. The van der Waals surface area contributed by atoms with Crippen molar-refractivity contribution in [1.29, 1.82) is 0 Å². The number of terminal acetylenes is 1. The van der Waals surface area contributed by atoms with Crippen LogP contribution in [0.5, 0.6) is 0 Å². The molecule has 0 bridgehead atoms. The van der Waals surface area contributed by atoms with Gasteiger partial charge in [0.05, 0.1) is 6.61 Å². The van der Waals surface area contributed by atoms with Crippen LogP contribution in [0.1, 0.15) is 5.56 Å². The number of ether oxygens (including phenoxy) is 1. The Morgan fingerprint density at radius 1 is 0.810 bits per heavy atom. The summed E-state index contributed by atoms with van der Waals surface area (Å²) in [5, 5.41) is 7.77. The Hall–Kier alpha value is -2.56. The second kappa shape index (κ2) is 4.77. The first-order chi connectivity index (χ1) is 10.4. The lowest BCUT2D eigenvalue weighted by Gasteiger charge is -2.13. The highest BCUT2D eigenvalue weighted by molar-refractivity contribution is 6.23. The summed E-state index contributed by atoms with van der Waals surface area (Å²) >= 11 is 0. The molecule has 0 amide bonds. The maximum Gasteiger partial charge on any atom is 0.107 e. The molecule has 4 rings (SSSR count). The maximum absolute atomic E-state index is 5.52. The molecule has 100 valence electrons. The zero-order chi connectivity index (χ0) is 14.2. The Kier molecular flexibility index (Phi) is 2.77. The summed E-state index contributed by atoms with van der Waals surface area (Å²) in [5.74, 6) is 2.51. The van der Waals surface area contributed by atoms with Crippen LogP contribution in [0, 0.1) is 12.3 Å². The van der Waals surface area contributed by atoms with Gasteiger partial charge in [-0.05, 0) is 37.9 Å². The first kappa shape index (κ1) is 12.2. The zero-order valence-corrected chi connectivity index (χ0v) is 11.6. The second-order valence-corrected chi connectivity index (χ2v) is 5.28. The quantitative estimate of drug-likeness (QED) is 0.297. The van der Waals surface area contributed by atoms with E-state index < -0.39 is 0 Å². The van der Waals surface area contributed by atoms with Gasteiger partial charge in [-0.1, -0.05) is 60.5 Å². The van der Waals surface area contributed by atoms with E-state index in [1.54, 1.807) is 0 Å². The van der Waals surface area contributed by atoms with E-state index in [2.05, 4.69) is 60.5 Å². The van der Waals surface area contributed by atoms with Crippen molar-refractivity contribution in [2.45, 2.75) is 6.61 Å². The minimum Gasteiger partial charge on any atom is -0.364 e. The molecule has 0 heterocycles. The first-order valence-electron chi connectivity index (χ1n) is 7.05. The Bertz CT molecular complexity index is 960. The highest BCUT2D eigenvalue weighted by atomic mass is 16.5. The van der Waals surface area contributed by atoms with Gasteiger partial charge in [0.25, 0.3) is 0 Å². The lowest BCUT2D eigenvalue weighted by atomic mass is 9.92. The van der Waals surface area contributed by atoms with Gasteiger partial charge in [-0.15, -0.1) is 6.42 Å². The topological polar surface area (TPSA) is 9.23 Å². The predicted octanol–water partition coefficient (Wildman–Crippen LogP) is 4.73. The Morgan fingerprint density at radius 3 is 2.24 bits per heavy atom. The minimum absolute atomic E-state index is 0.349. The van der Waals surface area contributed by atoms with Crippen LogP contribution in [0.2, 0.25) is 0 Å². The molecule has 0 aliphatic carbocycles. The van der Waals surface area contributed by atoms with Gasteiger partial charge in [0.2, 0.25) is 0 Å². The molecule has 0 saturated heterocycles. The van der Waals surface area contributed by atoms with Gasteiger partial charge >= 0.3 is 0 Å². The van der Waals surface area contributed by atoms with Crippen LogP contribution in [-0.2, 0) is 11.3 Å². The van der Waals surface area contributed by atoms with Crippen molar-refractivity contribution in [2.24, 2.45) is 0 Å². The van der Waals surface area contributed by atoms with E-state index in [-0.39, 0.29) is 0 Å². The Morgan fingerprint density at radius 2 is 1.48 bits per heavy atom. The van der Waals surface area contributed by atoms with Crippen molar-refractivity contribution in [3.05, 3.63) is 60.2 Å². The van der Waals surface area contributed by atoms with Crippen LogP contribution in [0.25, 0.3) is 32.3 Å². The fourth-order valence-corrected chi connectivity index (χ4v) is 3.14. The molecular weight excluding hydrogens is 256 g/mol. The van der Waals surface area contributed by atoms with E-state index in [1.807, 2.05) is 0 Å². The summed E-state index contributed by atoms with van der Waals surface area (Å²) in [6.45, 7) is 0.903. The van der Waals surface area contributed by atoms with Crippen molar-refractivity contribution < 1.29 is 4.74 Å². The predicted molar refractivity (Wildman–Crippen MR) is 88.6 cm³/mol. The molecular formula is C20H14O. The van der Waals surface area contributed by atoms with Gasteiger partial charge in [-0.3, -0.25) is 0 Å². The smallest absolute Gasteiger partial charge is 0.107 e. The van der Waals surface area contributed by atoms with E-state index in [4.69, 9.17) is 11.2 Å². The van der Waals surface area contributed by atoms with Gasteiger partial charge in [-0.2, -0.15) is 0 Å². The fraction of sp³-hybridized carbons (Fsp3) is 0.100. The summed E-state index contributed by atoms with van der Waals surface area (Å²) in [5.41, 5.74) is 1.19. The molecule has 0 radical (unpaired) electrons. The van der Waals surface area contributed by atoms with Crippen LogP contribution in [0.4, 0.5) is 0 Å². The summed E-state index contributed by atoms with van der Waals surface area (Å²) in [7, 11) is 0. The summed E-state index contributed by atoms with van der Waals surface area (Å²) in [4.78, 5) is 0. The highest BCUT2D eigenvalue weighted by Crippen LogP contribution is 2.35. The first-order valence-corrected chi connectivity index (χ1v) is 7.05. The molecule has 1 heteroatoms. The van der Waals surface area contributed by atoms with Crippen molar-refractivity contribution in [2.75, 3.05) is 6.61 Å². The molecule has 0 fully saturated rings. The molecule has 1 nitrogen and oxygen atoms in total. The zero-order valence-electron chi connectivity index (χ0n) is 11.6. The van der Waals surface area contributed by atoms with Gasteiger partial charge in [0.15, 0.2) is 0 Å². The van der Waals surface area contributed by atoms with E-state index in [0.717, 1.165) is 0 Å². The normalized spacial score (nSPS) is 11.4. The maximum atomic E-state index is 5.52. The molecule has 0 spiro atoms. The van der Waals surface area contributed by atoms with Crippen LogP contribution in [-0.4, -0.2) is 6.61 Å². The number of benzene rings is 4. The molecule has 0 N–H and O–H groups in total. The Balaban J connectivity index is 2.04. The van der Waals surface area contributed by atoms with E-state index >= 15 is 0 Å². The molecule has 0 aromatic heterocycles. The molecule has 0 atom stereocenters. The van der Waals surface area contributed by atoms with Gasteiger partial charge in [0, 0.05) is 0 Å². The third kappa shape index (κ3) is 1.85. The fourth-order valence-electron chi connectivity index (χ4n) is 3.14. The van der Waals surface area contributed by atoms with Crippen molar-refractivity contribution in [1.82, 2.24) is 0 Å². The molecule has 21 heavy (non-hydrogen) atoms. The van der Waals surface area contributed by atoms with Crippen molar-refractivity contribution in [3.8, 4) is 12.3 Å². The molecule has 0 saturated carbocycles. The molecule has 4 aromatic rings. The highest BCUT2D eigenvalue weighted by Gasteiger charge is 2.10. The third-order valence-electron chi connectivity index (χ3n) is 4.06. The van der Waals surface area contributed by atoms with Crippen LogP contribution >= 0.6 is 0 Å². The van der Waals surface area contributed by atoms with Gasteiger partial charge in [0.1, 0.15) is 6.61 Å². The average Bonchev–Trinajstić information content (AvgIpc) is 2.54. The van der Waals surface area contributed by atoms with Crippen molar-refractivity contribution >= 4 is 32.3 Å². The molecule has 4 aromatic carbocycles.